The van der Waals surface area contributed by atoms with Crippen LogP contribution < -0.4 is 4.74 Å². The average molecular weight is 481 g/mol. The van der Waals surface area contributed by atoms with Gasteiger partial charge in [-0.3, -0.25) is 0 Å². The predicted octanol–water partition coefficient (Wildman–Crippen LogP) is 3.46. The molecule has 35 heavy (non-hydrogen) atoms. The second kappa shape index (κ2) is 12.8. The maximum atomic E-state index is 11.1. The van der Waals surface area contributed by atoms with Crippen molar-refractivity contribution in [3.8, 4) is 5.75 Å². The monoisotopic (exact) mass is 480 g/mol. The Morgan fingerprint density at radius 3 is 1.80 bits per heavy atom. The lowest BCUT2D eigenvalue weighted by molar-refractivity contribution is -0.309. The first-order valence-electron chi connectivity index (χ1n) is 11.7. The molecule has 1 aliphatic heterocycles. The Kier molecular flexibility index (Phi) is 9.25. The third-order valence-corrected chi connectivity index (χ3v) is 5.92. The van der Waals surface area contributed by atoms with Crippen LogP contribution in [-0.4, -0.2) is 54.6 Å². The van der Waals surface area contributed by atoms with Crippen molar-refractivity contribution in [2.45, 2.75) is 50.5 Å². The highest BCUT2D eigenvalue weighted by molar-refractivity contribution is 5.26. The van der Waals surface area contributed by atoms with Crippen LogP contribution in [0.5, 0.6) is 5.75 Å². The van der Waals surface area contributed by atoms with E-state index in [1.807, 2.05) is 84.9 Å². The highest BCUT2D eigenvalue weighted by Gasteiger charge is 2.46. The average Bonchev–Trinajstić information content (AvgIpc) is 2.90. The van der Waals surface area contributed by atoms with Gasteiger partial charge in [0, 0.05) is 0 Å². The minimum absolute atomic E-state index is 0.0842. The van der Waals surface area contributed by atoms with Crippen molar-refractivity contribution in [2.24, 2.45) is 0 Å². The summed E-state index contributed by atoms with van der Waals surface area (Å²) in [5.74, 6) is 0.767. The number of aliphatic hydroxyl groups excluding tert-OH is 2. The summed E-state index contributed by atoms with van der Waals surface area (Å²) < 4.78 is 28.8. The van der Waals surface area contributed by atoms with Gasteiger partial charge in [0.05, 0.1) is 33.5 Å². The van der Waals surface area contributed by atoms with Gasteiger partial charge >= 0.3 is 0 Å². The van der Waals surface area contributed by atoms with Crippen LogP contribution in [0.1, 0.15) is 16.7 Å². The van der Waals surface area contributed by atoms with Crippen molar-refractivity contribution in [2.75, 3.05) is 13.7 Å². The minimum Gasteiger partial charge on any atom is -0.497 e. The largest absolute Gasteiger partial charge is 0.497 e. The Morgan fingerprint density at radius 1 is 0.686 bits per heavy atom. The van der Waals surface area contributed by atoms with Crippen molar-refractivity contribution in [3.05, 3.63) is 102 Å². The SMILES string of the molecule is COc1ccc(COC[C@H]2O[C@@H](O)[C@H](OCc3ccccc3)[C@@H](OCc3ccccc3)[C@@H]2O)cc1. The van der Waals surface area contributed by atoms with E-state index in [-0.39, 0.29) is 19.8 Å². The first-order valence-corrected chi connectivity index (χ1v) is 11.7. The van der Waals surface area contributed by atoms with Crippen LogP contribution in [0.3, 0.4) is 0 Å². The molecule has 0 radical (unpaired) electrons. The zero-order valence-corrected chi connectivity index (χ0v) is 19.7. The molecule has 1 heterocycles. The summed E-state index contributed by atoms with van der Waals surface area (Å²) in [4.78, 5) is 0. The standard InChI is InChI=1S/C28H32O7/c1-31-23-14-12-22(13-15-23)16-32-19-24-25(29)26(33-17-20-8-4-2-5-9-20)27(28(30)35-24)34-18-21-10-6-3-7-11-21/h2-15,24-30H,16-19H2,1H3/t24-,25-,26+,27-,28-/m1/s1. The van der Waals surface area contributed by atoms with Gasteiger partial charge in [0.1, 0.15) is 30.2 Å². The summed E-state index contributed by atoms with van der Waals surface area (Å²) in [6.07, 6.45) is -4.79. The third-order valence-electron chi connectivity index (χ3n) is 5.92. The first kappa shape index (κ1) is 25.3. The fourth-order valence-electron chi connectivity index (χ4n) is 3.96. The molecule has 3 aromatic carbocycles. The molecule has 5 atom stereocenters. The molecule has 7 heteroatoms. The number of hydrogen-bond acceptors (Lipinski definition) is 7. The van der Waals surface area contributed by atoms with E-state index < -0.39 is 30.7 Å². The van der Waals surface area contributed by atoms with E-state index in [0.29, 0.717) is 6.61 Å². The van der Waals surface area contributed by atoms with Gasteiger partial charge in [-0.15, -0.1) is 0 Å². The summed E-state index contributed by atoms with van der Waals surface area (Å²) in [5, 5.41) is 21.9. The topological polar surface area (TPSA) is 86.6 Å². The zero-order chi connectivity index (χ0) is 24.5. The molecular weight excluding hydrogens is 448 g/mol. The Labute approximate surface area is 205 Å². The minimum atomic E-state index is -1.28. The van der Waals surface area contributed by atoms with Crippen LogP contribution in [0.25, 0.3) is 0 Å². The summed E-state index contributed by atoms with van der Waals surface area (Å²) in [7, 11) is 1.62. The molecule has 1 aliphatic rings. The molecular formula is C28H32O7. The quantitative estimate of drug-likeness (QED) is 0.435. The molecule has 186 valence electrons. The van der Waals surface area contributed by atoms with Gasteiger partial charge in [-0.1, -0.05) is 72.8 Å². The van der Waals surface area contributed by atoms with Crippen LogP contribution in [-0.2, 0) is 38.8 Å². The van der Waals surface area contributed by atoms with Crippen molar-refractivity contribution in [1.82, 2.24) is 0 Å². The molecule has 0 aromatic heterocycles. The highest BCUT2D eigenvalue weighted by atomic mass is 16.7. The van der Waals surface area contributed by atoms with Crippen LogP contribution in [0.4, 0.5) is 0 Å². The normalized spacial score (nSPS) is 24.3. The van der Waals surface area contributed by atoms with Gasteiger partial charge in [0.25, 0.3) is 0 Å². The van der Waals surface area contributed by atoms with Crippen LogP contribution in [0.2, 0.25) is 0 Å². The van der Waals surface area contributed by atoms with E-state index in [0.717, 1.165) is 22.4 Å². The molecule has 4 rings (SSSR count). The maximum absolute atomic E-state index is 11.1. The lowest BCUT2D eigenvalue weighted by Crippen LogP contribution is -2.60. The van der Waals surface area contributed by atoms with E-state index in [4.69, 9.17) is 23.7 Å². The highest BCUT2D eigenvalue weighted by Crippen LogP contribution is 2.27. The first-order chi connectivity index (χ1) is 17.1. The van der Waals surface area contributed by atoms with Gasteiger partial charge in [-0.25, -0.2) is 0 Å². The lowest BCUT2D eigenvalue weighted by Gasteiger charge is -2.42. The van der Waals surface area contributed by atoms with Gasteiger partial charge in [0.15, 0.2) is 6.29 Å². The Morgan fingerprint density at radius 2 is 1.23 bits per heavy atom. The summed E-state index contributed by atoms with van der Waals surface area (Å²) in [6.45, 7) is 0.930. The van der Waals surface area contributed by atoms with Crippen molar-refractivity contribution >= 4 is 0 Å². The number of ether oxygens (including phenoxy) is 5. The van der Waals surface area contributed by atoms with E-state index in [1.165, 1.54) is 0 Å². The van der Waals surface area contributed by atoms with Crippen LogP contribution in [0, 0.1) is 0 Å². The molecule has 3 aromatic rings. The molecule has 0 bridgehead atoms. The van der Waals surface area contributed by atoms with Crippen LogP contribution >= 0.6 is 0 Å². The van der Waals surface area contributed by atoms with E-state index in [1.54, 1.807) is 7.11 Å². The van der Waals surface area contributed by atoms with Gasteiger partial charge in [-0.2, -0.15) is 0 Å². The van der Waals surface area contributed by atoms with E-state index in [9.17, 15) is 10.2 Å². The molecule has 0 unspecified atom stereocenters. The number of rotatable bonds is 11. The smallest absolute Gasteiger partial charge is 0.184 e. The third kappa shape index (κ3) is 7.11. The molecule has 0 saturated carbocycles. The van der Waals surface area contributed by atoms with Gasteiger partial charge in [-0.05, 0) is 28.8 Å². The number of methoxy groups -OCH3 is 1. The molecule has 2 N–H and O–H groups in total. The number of benzene rings is 3. The molecule has 1 saturated heterocycles. The lowest BCUT2D eigenvalue weighted by atomic mass is 9.98. The number of aliphatic hydroxyl groups is 2. The predicted molar refractivity (Wildman–Crippen MR) is 130 cm³/mol. The van der Waals surface area contributed by atoms with E-state index >= 15 is 0 Å². The molecule has 1 fully saturated rings. The second-order valence-corrected chi connectivity index (χ2v) is 8.44. The summed E-state index contributed by atoms with van der Waals surface area (Å²) in [6, 6.07) is 26.8. The molecule has 0 amide bonds. The molecule has 0 spiro atoms. The molecule has 0 aliphatic carbocycles. The maximum Gasteiger partial charge on any atom is 0.184 e. The second-order valence-electron chi connectivity index (χ2n) is 8.44. The number of hydrogen-bond donors (Lipinski definition) is 2. The molecule has 7 nitrogen and oxygen atoms in total. The van der Waals surface area contributed by atoms with Crippen LogP contribution in [0.15, 0.2) is 84.9 Å². The Balaban J connectivity index is 1.39. The Bertz CT molecular complexity index is 997. The summed E-state index contributed by atoms with van der Waals surface area (Å²) >= 11 is 0. The zero-order valence-electron chi connectivity index (χ0n) is 19.7. The summed E-state index contributed by atoms with van der Waals surface area (Å²) in [5.41, 5.74) is 2.85. The Hall–Kier alpha value is -2.78. The van der Waals surface area contributed by atoms with Crippen molar-refractivity contribution in [1.29, 1.82) is 0 Å². The fraction of sp³-hybridized carbons (Fsp3) is 0.357. The van der Waals surface area contributed by atoms with Gasteiger partial charge < -0.3 is 33.9 Å². The van der Waals surface area contributed by atoms with Crippen molar-refractivity contribution < 1.29 is 33.9 Å². The van der Waals surface area contributed by atoms with Gasteiger partial charge in [0.2, 0.25) is 0 Å². The van der Waals surface area contributed by atoms with E-state index in [2.05, 4.69) is 0 Å². The fourth-order valence-corrected chi connectivity index (χ4v) is 3.96. The van der Waals surface area contributed by atoms with Crippen molar-refractivity contribution in [3.63, 3.8) is 0 Å².